The number of likely N-dealkylation sites (tertiary alicyclic amines) is 1. The summed E-state index contributed by atoms with van der Waals surface area (Å²) in [5.74, 6) is -0.256. The molecule has 1 saturated heterocycles. The zero-order valence-electron chi connectivity index (χ0n) is 14.1. The highest BCUT2D eigenvalue weighted by Crippen LogP contribution is 2.25. The molecule has 0 saturated carbocycles. The lowest BCUT2D eigenvalue weighted by Crippen LogP contribution is -2.44. The van der Waals surface area contributed by atoms with Gasteiger partial charge in [0.05, 0.1) is 18.3 Å². The van der Waals surface area contributed by atoms with E-state index in [4.69, 9.17) is 5.73 Å². The molecule has 128 valence electrons. The van der Waals surface area contributed by atoms with E-state index >= 15 is 0 Å². The van der Waals surface area contributed by atoms with Crippen molar-refractivity contribution >= 4 is 23.2 Å². The number of hydrogen-bond donors (Lipinski definition) is 2. The summed E-state index contributed by atoms with van der Waals surface area (Å²) in [5.41, 5.74) is 6.37. The average molecular weight is 338 g/mol. The van der Waals surface area contributed by atoms with Crippen molar-refractivity contribution in [2.24, 2.45) is 11.7 Å². The van der Waals surface area contributed by atoms with Crippen LogP contribution in [0.2, 0.25) is 0 Å². The summed E-state index contributed by atoms with van der Waals surface area (Å²) < 4.78 is 0. The van der Waals surface area contributed by atoms with Crippen molar-refractivity contribution < 1.29 is 9.59 Å². The second-order valence-electron chi connectivity index (χ2n) is 6.17. The van der Waals surface area contributed by atoms with E-state index in [9.17, 15) is 9.59 Å². The number of nitrogens with one attached hydrogen (secondary N) is 1. The van der Waals surface area contributed by atoms with Crippen LogP contribution in [0.25, 0.3) is 0 Å². The highest BCUT2D eigenvalue weighted by atomic mass is 32.1. The Bertz CT molecular complexity index is 545. The Kier molecular flexibility index (Phi) is 6.12. The van der Waals surface area contributed by atoms with E-state index < -0.39 is 0 Å². The topological polar surface area (TPSA) is 88.3 Å². The fourth-order valence-corrected chi connectivity index (χ4v) is 3.86. The molecule has 0 aliphatic carbocycles. The standard InChI is InChI=1S/C16H26N4O2S/c1-4-13(16-18-10(2)11(3)23-16)19-14(21)9-20-7-5-12(6-8-20)15(17)22/h12-13H,4-9H2,1-3H3,(H2,17,22)(H,19,21)/t13-/m1/s1. The van der Waals surface area contributed by atoms with E-state index in [0.717, 1.165) is 43.1 Å². The summed E-state index contributed by atoms with van der Waals surface area (Å²) in [7, 11) is 0. The van der Waals surface area contributed by atoms with Crippen molar-refractivity contribution in [3.8, 4) is 0 Å². The number of nitrogens with two attached hydrogens (primary N) is 1. The minimum Gasteiger partial charge on any atom is -0.369 e. The predicted octanol–water partition coefficient (Wildman–Crippen LogP) is 1.52. The molecule has 1 aromatic rings. The molecule has 0 spiro atoms. The minimum absolute atomic E-state index is 0.0138. The first-order chi connectivity index (χ1) is 10.9. The van der Waals surface area contributed by atoms with E-state index in [1.807, 2.05) is 13.8 Å². The van der Waals surface area contributed by atoms with Gasteiger partial charge in [0.25, 0.3) is 0 Å². The summed E-state index contributed by atoms with van der Waals surface area (Å²) >= 11 is 1.65. The van der Waals surface area contributed by atoms with Gasteiger partial charge in [-0.25, -0.2) is 4.98 Å². The molecule has 0 bridgehead atoms. The Morgan fingerprint density at radius 3 is 2.52 bits per heavy atom. The lowest BCUT2D eigenvalue weighted by Gasteiger charge is -2.30. The third-order valence-corrected chi connectivity index (χ3v) is 5.63. The van der Waals surface area contributed by atoms with Crippen molar-refractivity contribution in [3.63, 3.8) is 0 Å². The first-order valence-corrected chi connectivity index (χ1v) is 8.97. The second-order valence-corrected chi connectivity index (χ2v) is 7.41. The molecule has 0 unspecified atom stereocenters. The Balaban J connectivity index is 1.85. The quantitative estimate of drug-likeness (QED) is 0.823. The molecule has 1 aromatic heterocycles. The third-order valence-electron chi connectivity index (χ3n) is 4.44. The predicted molar refractivity (Wildman–Crippen MR) is 91.1 cm³/mol. The van der Waals surface area contributed by atoms with Crippen molar-refractivity contribution in [3.05, 3.63) is 15.6 Å². The molecule has 1 atom stereocenters. The van der Waals surface area contributed by atoms with Crippen LogP contribution in [0.5, 0.6) is 0 Å². The summed E-state index contributed by atoms with van der Waals surface area (Å²) in [6.45, 7) is 7.95. The number of carbonyl (C=O) groups excluding carboxylic acids is 2. The highest BCUT2D eigenvalue weighted by molar-refractivity contribution is 7.11. The molecule has 3 N–H and O–H groups in total. The largest absolute Gasteiger partial charge is 0.369 e. The van der Waals surface area contributed by atoms with Gasteiger partial charge in [0.2, 0.25) is 11.8 Å². The van der Waals surface area contributed by atoms with Gasteiger partial charge in [0.15, 0.2) is 0 Å². The van der Waals surface area contributed by atoms with Gasteiger partial charge in [-0.3, -0.25) is 14.5 Å². The normalized spacial score (nSPS) is 17.9. The zero-order chi connectivity index (χ0) is 17.0. The Hall–Kier alpha value is -1.47. The molecule has 2 rings (SSSR count). The number of aryl methyl sites for hydroxylation is 2. The van der Waals surface area contributed by atoms with Gasteiger partial charge in [0, 0.05) is 10.8 Å². The van der Waals surface area contributed by atoms with Crippen LogP contribution in [0.3, 0.4) is 0 Å². The molecular formula is C16H26N4O2S. The number of rotatable bonds is 6. The van der Waals surface area contributed by atoms with Crippen molar-refractivity contribution in [1.82, 2.24) is 15.2 Å². The molecule has 1 aliphatic heterocycles. The molecule has 6 nitrogen and oxygen atoms in total. The van der Waals surface area contributed by atoms with Gasteiger partial charge >= 0.3 is 0 Å². The molecule has 1 aliphatic rings. The minimum atomic E-state index is -0.227. The molecule has 0 aromatic carbocycles. The van der Waals surface area contributed by atoms with Crippen molar-refractivity contribution in [2.75, 3.05) is 19.6 Å². The molecule has 0 radical (unpaired) electrons. The maximum Gasteiger partial charge on any atom is 0.234 e. The number of amides is 2. The number of hydrogen-bond acceptors (Lipinski definition) is 5. The summed E-state index contributed by atoms with van der Waals surface area (Å²) in [6.07, 6.45) is 2.30. The van der Waals surface area contributed by atoms with E-state index in [1.54, 1.807) is 11.3 Å². The number of primary amides is 1. The van der Waals surface area contributed by atoms with Crippen LogP contribution in [0, 0.1) is 19.8 Å². The zero-order valence-corrected chi connectivity index (χ0v) is 14.9. The maximum atomic E-state index is 12.3. The molecule has 7 heteroatoms. The van der Waals surface area contributed by atoms with Gasteiger partial charge in [-0.05, 0) is 46.2 Å². The van der Waals surface area contributed by atoms with Crippen LogP contribution >= 0.6 is 11.3 Å². The van der Waals surface area contributed by atoms with E-state index in [-0.39, 0.29) is 23.8 Å². The molecule has 2 heterocycles. The lowest BCUT2D eigenvalue weighted by atomic mass is 9.96. The van der Waals surface area contributed by atoms with Crippen LogP contribution in [-0.4, -0.2) is 41.3 Å². The van der Waals surface area contributed by atoms with Crippen LogP contribution in [0.4, 0.5) is 0 Å². The summed E-state index contributed by atoms with van der Waals surface area (Å²) in [4.78, 5) is 31.3. The summed E-state index contributed by atoms with van der Waals surface area (Å²) in [5, 5.41) is 4.06. The third kappa shape index (κ3) is 4.75. The van der Waals surface area contributed by atoms with Crippen molar-refractivity contribution in [2.45, 2.75) is 46.1 Å². The number of thiazole rings is 1. The maximum absolute atomic E-state index is 12.3. The van der Waals surface area contributed by atoms with Gasteiger partial charge in [0.1, 0.15) is 5.01 Å². The SMILES string of the molecule is CC[C@@H](NC(=O)CN1CCC(C(N)=O)CC1)c1nc(C)c(C)s1. The number of piperidine rings is 1. The first-order valence-electron chi connectivity index (χ1n) is 8.15. The number of aromatic nitrogens is 1. The van der Waals surface area contributed by atoms with Gasteiger partial charge < -0.3 is 11.1 Å². The van der Waals surface area contributed by atoms with E-state index in [1.165, 1.54) is 4.88 Å². The first kappa shape index (κ1) is 17.9. The Labute approximate surface area is 141 Å². The van der Waals surface area contributed by atoms with Crippen LogP contribution < -0.4 is 11.1 Å². The molecule has 23 heavy (non-hydrogen) atoms. The van der Waals surface area contributed by atoms with Crippen LogP contribution in [-0.2, 0) is 9.59 Å². The highest BCUT2D eigenvalue weighted by Gasteiger charge is 2.25. The smallest absolute Gasteiger partial charge is 0.234 e. The fourth-order valence-electron chi connectivity index (χ4n) is 2.80. The van der Waals surface area contributed by atoms with E-state index in [0.29, 0.717) is 6.54 Å². The fraction of sp³-hybridized carbons (Fsp3) is 0.688. The Morgan fingerprint density at radius 1 is 1.39 bits per heavy atom. The lowest BCUT2D eigenvalue weighted by molar-refractivity contribution is -0.124. The molecular weight excluding hydrogens is 312 g/mol. The summed E-state index contributed by atoms with van der Waals surface area (Å²) in [6, 6.07) is -0.0249. The van der Waals surface area contributed by atoms with Gasteiger partial charge in [-0.1, -0.05) is 6.92 Å². The van der Waals surface area contributed by atoms with Gasteiger partial charge in [-0.2, -0.15) is 0 Å². The number of nitrogens with zero attached hydrogens (tertiary/aromatic N) is 2. The van der Waals surface area contributed by atoms with Crippen LogP contribution in [0.15, 0.2) is 0 Å². The number of carbonyl (C=O) groups is 2. The average Bonchev–Trinajstić information content (AvgIpc) is 2.84. The Morgan fingerprint density at radius 2 is 2.04 bits per heavy atom. The van der Waals surface area contributed by atoms with Crippen LogP contribution in [0.1, 0.15) is 47.8 Å². The monoisotopic (exact) mass is 338 g/mol. The van der Waals surface area contributed by atoms with E-state index in [2.05, 4.69) is 22.1 Å². The molecule has 1 fully saturated rings. The van der Waals surface area contributed by atoms with Gasteiger partial charge in [-0.15, -0.1) is 11.3 Å². The second kappa shape index (κ2) is 7.88. The van der Waals surface area contributed by atoms with Crippen molar-refractivity contribution in [1.29, 1.82) is 0 Å². The molecule has 2 amide bonds.